The first-order chi connectivity index (χ1) is 7.83. The van der Waals surface area contributed by atoms with Gasteiger partial charge in [-0.2, -0.15) is 0 Å². The molecule has 0 aliphatic heterocycles. The molecule has 0 fully saturated rings. The zero-order chi connectivity index (χ0) is 11.4. The lowest BCUT2D eigenvalue weighted by atomic mass is 9.90. The van der Waals surface area contributed by atoms with Gasteiger partial charge in [0.25, 0.3) is 0 Å². The van der Waals surface area contributed by atoms with Crippen LogP contribution in [0.3, 0.4) is 0 Å². The van der Waals surface area contributed by atoms with Gasteiger partial charge in [0.15, 0.2) is 0 Å². The number of allylic oxidation sites excluding steroid dienone is 1. The van der Waals surface area contributed by atoms with E-state index in [1.54, 1.807) is 0 Å². The molecule has 2 unspecified atom stereocenters. The van der Waals surface area contributed by atoms with Gasteiger partial charge in [0.1, 0.15) is 0 Å². The zero-order valence-corrected chi connectivity index (χ0v) is 9.86. The summed E-state index contributed by atoms with van der Waals surface area (Å²) in [6, 6.07) is 9.08. The molecule has 0 spiro atoms. The van der Waals surface area contributed by atoms with Crippen LogP contribution in [0.15, 0.2) is 36.9 Å². The van der Waals surface area contributed by atoms with Crippen LogP contribution in [0.4, 0.5) is 0 Å². The Morgan fingerprint density at radius 3 is 3.06 bits per heavy atom. The first-order valence-electron chi connectivity index (χ1n) is 6.27. The third kappa shape index (κ3) is 2.35. The first kappa shape index (κ1) is 11.4. The number of hydrogen-bond donors (Lipinski definition) is 1. The Morgan fingerprint density at radius 2 is 2.25 bits per heavy atom. The van der Waals surface area contributed by atoms with Gasteiger partial charge in [0.2, 0.25) is 0 Å². The average molecular weight is 215 g/mol. The van der Waals surface area contributed by atoms with Crippen LogP contribution in [0.25, 0.3) is 0 Å². The number of rotatable bonds is 5. The quantitative estimate of drug-likeness (QED) is 0.591. The Labute approximate surface area is 98.4 Å². The molecular formula is C15H21N. The van der Waals surface area contributed by atoms with E-state index in [-0.39, 0.29) is 0 Å². The maximum Gasteiger partial charge on any atom is 0.0108 e. The molecule has 1 aliphatic carbocycles. The van der Waals surface area contributed by atoms with Crippen molar-refractivity contribution in [2.75, 3.05) is 0 Å². The van der Waals surface area contributed by atoms with Crippen LogP contribution in [0, 0.1) is 0 Å². The third-order valence-corrected chi connectivity index (χ3v) is 3.64. The van der Waals surface area contributed by atoms with Crippen molar-refractivity contribution in [1.29, 1.82) is 0 Å². The molecule has 1 heteroatoms. The molecular weight excluding hydrogens is 194 g/mol. The number of aryl methyl sites for hydroxylation is 1. The molecule has 0 heterocycles. The smallest absolute Gasteiger partial charge is 0.0108 e. The van der Waals surface area contributed by atoms with E-state index in [4.69, 9.17) is 5.73 Å². The van der Waals surface area contributed by atoms with Crippen molar-refractivity contribution in [3.63, 3.8) is 0 Å². The second kappa shape index (κ2) is 5.31. The monoisotopic (exact) mass is 215 g/mol. The van der Waals surface area contributed by atoms with Gasteiger partial charge in [-0.25, -0.2) is 0 Å². The molecule has 1 aliphatic rings. The van der Waals surface area contributed by atoms with Crippen LogP contribution in [0.5, 0.6) is 0 Å². The summed E-state index contributed by atoms with van der Waals surface area (Å²) < 4.78 is 0. The number of nitrogens with two attached hydrogens (primary N) is 1. The molecule has 0 aromatic heterocycles. The molecule has 0 saturated heterocycles. The van der Waals surface area contributed by atoms with Gasteiger partial charge in [0, 0.05) is 6.04 Å². The molecule has 1 aromatic rings. The fourth-order valence-electron chi connectivity index (χ4n) is 2.73. The summed E-state index contributed by atoms with van der Waals surface area (Å²) in [5.41, 5.74) is 9.30. The maximum atomic E-state index is 6.30. The molecule has 2 N–H and O–H groups in total. The lowest BCUT2D eigenvalue weighted by Gasteiger charge is -2.20. The number of fused-ring (bicyclic) bond motifs is 1. The Hall–Kier alpha value is -1.08. The molecule has 0 bridgehead atoms. The molecule has 16 heavy (non-hydrogen) atoms. The second-order valence-corrected chi connectivity index (χ2v) is 4.73. The summed E-state index contributed by atoms with van der Waals surface area (Å²) in [6.45, 7) is 3.75. The van der Waals surface area contributed by atoms with Crippen LogP contribution < -0.4 is 5.73 Å². The van der Waals surface area contributed by atoms with Crippen molar-refractivity contribution in [1.82, 2.24) is 0 Å². The van der Waals surface area contributed by atoms with Gasteiger partial charge in [-0.15, -0.1) is 6.58 Å². The molecule has 0 saturated carbocycles. The Bertz CT molecular complexity index is 356. The molecule has 0 amide bonds. The van der Waals surface area contributed by atoms with Crippen LogP contribution in [-0.4, -0.2) is 6.04 Å². The van der Waals surface area contributed by atoms with E-state index in [0.29, 0.717) is 12.0 Å². The minimum atomic E-state index is 0.323. The highest BCUT2D eigenvalue weighted by atomic mass is 14.7. The highest BCUT2D eigenvalue weighted by Gasteiger charge is 2.26. The minimum absolute atomic E-state index is 0.323. The minimum Gasteiger partial charge on any atom is -0.327 e. The fourth-order valence-corrected chi connectivity index (χ4v) is 2.73. The molecule has 2 rings (SSSR count). The Morgan fingerprint density at radius 1 is 1.44 bits per heavy atom. The van der Waals surface area contributed by atoms with Gasteiger partial charge >= 0.3 is 0 Å². The van der Waals surface area contributed by atoms with E-state index in [9.17, 15) is 0 Å². The van der Waals surface area contributed by atoms with Crippen LogP contribution in [0.2, 0.25) is 0 Å². The van der Waals surface area contributed by atoms with E-state index in [2.05, 4.69) is 30.8 Å². The lowest BCUT2D eigenvalue weighted by Crippen LogP contribution is -2.27. The van der Waals surface area contributed by atoms with Gasteiger partial charge in [-0.3, -0.25) is 0 Å². The molecule has 1 aromatic carbocycles. The predicted octanol–water partition coefficient (Wildman–Crippen LogP) is 3.40. The maximum absolute atomic E-state index is 6.30. The van der Waals surface area contributed by atoms with Crippen LogP contribution in [-0.2, 0) is 6.42 Å². The lowest BCUT2D eigenvalue weighted by molar-refractivity contribution is 0.484. The van der Waals surface area contributed by atoms with E-state index >= 15 is 0 Å². The van der Waals surface area contributed by atoms with Crippen LogP contribution >= 0.6 is 0 Å². The highest BCUT2D eigenvalue weighted by molar-refractivity contribution is 5.35. The molecule has 0 radical (unpaired) electrons. The van der Waals surface area contributed by atoms with E-state index in [1.165, 1.54) is 30.4 Å². The van der Waals surface area contributed by atoms with E-state index in [1.807, 2.05) is 6.08 Å². The largest absolute Gasteiger partial charge is 0.327 e. The molecule has 2 atom stereocenters. The Balaban J connectivity index is 1.98. The van der Waals surface area contributed by atoms with E-state index in [0.717, 1.165) is 12.8 Å². The van der Waals surface area contributed by atoms with E-state index < -0.39 is 0 Å². The topological polar surface area (TPSA) is 26.0 Å². The SMILES string of the molecule is C=CCCCC(N)C1CCc2ccccc21. The van der Waals surface area contributed by atoms with Crippen molar-refractivity contribution in [2.45, 2.75) is 44.1 Å². The molecule has 1 nitrogen and oxygen atoms in total. The van der Waals surface area contributed by atoms with Gasteiger partial charge in [0.05, 0.1) is 0 Å². The summed E-state index contributed by atoms with van der Waals surface area (Å²) >= 11 is 0. The third-order valence-electron chi connectivity index (χ3n) is 3.64. The van der Waals surface area contributed by atoms with Gasteiger partial charge < -0.3 is 5.73 Å². The summed E-state index contributed by atoms with van der Waals surface area (Å²) in [5, 5.41) is 0. The summed E-state index contributed by atoms with van der Waals surface area (Å²) in [4.78, 5) is 0. The summed E-state index contributed by atoms with van der Waals surface area (Å²) in [7, 11) is 0. The summed E-state index contributed by atoms with van der Waals surface area (Å²) in [5.74, 6) is 0.584. The van der Waals surface area contributed by atoms with Crippen molar-refractivity contribution < 1.29 is 0 Å². The van der Waals surface area contributed by atoms with Gasteiger partial charge in [-0.1, -0.05) is 30.3 Å². The van der Waals surface area contributed by atoms with Crippen molar-refractivity contribution in [3.8, 4) is 0 Å². The van der Waals surface area contributed by atoms with Crippen molar-refractivity contribution >= 4 is 0 Å². The molecule has 86 valence electrons. The number of unbranched alkanes of at least 4 members (excludes halogenated alkanes) is 1. The number of benzene rings is 1. The standard InChI is InChI=1S/C15H21N/c1-2-3-4-9-15(16)14-11-10-12-7-5-6-8-13(12)14/h2,5-8,14-15H,1,3-4,9-11,16H2. The summed E-state index contributed by atoms with van der Waals surface area (Å²) in [6.07, 6.45) is 7.79. The van der Waals surface area contributed by atoms with Crippen molar-refractivity contribution in [2.24, 2.45) is 5.73 Å². The second-order valence-electron chi connectivity index (χ2n) is 4.73. The fraction of sp³-hybridized carbons (Fsp3) is 0.467. The zero-order valence-electron chi connectivity index (χ0n) is 9.86. The van der Waals surface area contributed by atoms with Gasteiger partial charge in [-0.05, 0) is 49.1 Å². The number of hydrogen-bond acceptors (Lipinski definition) is 1. The average Bonchev–Trinajstić information content (AvgIpc) is 2.73. The normalized spacial score (nSPS) is 20.4. The predicted molar refractivity (Wildman–Crippen MR) is 69.5 cm³/mol. The first-order valence-corrected chi connectivity index (χ1v) is 6.27. The van der Waals surface area contributed by atoms with Crippen molar-refractivity contribution in [3.05, 3.63) is 48.0 Å². The van der Waals surface area contributed by atoms with Crippen LogP contribution in [0.1, 0.15) is 42.7 Å². The Kier molecular flexibility index (Phi) is 3.79. The highest BCUT2D eigenvalue weighted by Crippen LogP contribution is 2.35.